The second-order valence-corrected chi connectivity index (χ2v) is 11.6. The quantitative estimate of drug-likeness (QED) is 0.190. The first-order chi connectivity index (χ1) is 19.9. The van der Waals surface area contributed by atoms with Crippen molar-refractivity contribution >= 4 is 56.8 Å². The molecule has 206 valence electrons. The molecule has 1 aromatic heterocycles. The Morgan fingerprint density at radius 1 is 1.17 bits per heavy atom. The lowest BCUT2D eigenvalue weighted by atomic mass is 9.93. The summed E-state index contributed by atoms with van der Waals surface area (Å²) in [5, 5.41) is 8.81. The first-order valence-corrected chi connectivity index (χ1v) is 15.5. The molecule has 0 aliphatic carbocycles. The van der Waals surface area contributed by atoms with Gasteiger partial charge in [0.15, 0.2) is 11.4 Å². The van der Waals surface area contributed by atoms with Crippen LogP contribution < -0.4 is 19.6 Å². The lowest BCUT2D eigenvalue weighted by Crippen LogP contribution is -2.40. The third kappa shape index (κ3) is 5.93. The molecule has 7 nitrogen and oxygen atoms in total. The summed E-state index contributed by atoms with van der Waals surface area (Å²) in [6.07, 6.45) is 3.78. The molecule has 1 aliphatic heterocycles. The Balaban J connectivity index is 1.74. The molecule has 1 atom stereocenters. The van der Waals surface area contributed by atoms with Crippen molar-refractivity contribution in [2.75, 3.05) is 19.5 Å². The van der Waals surface area contributed by atoms with E-state index >= 15 is 0 Å². The zero-order valence-electron chi connectivity index (χ0n) is 22.2. The smallest absolute Gasteiger partial charge is 0.338 e. The highest BCUT2D eigenvalue weighted by molar-refractivity contribution is 9.10. The number of nitriles is 1. The Bertz CT molecular complexity index is 1860. The van der Waals surface area contributed by atoms with Crippen molar-refractivity contribution in [1.29, 1.82) is 5.26 Å². The molecule has 5 rings (SSSR count). The molecule has 3 aromatic carbocycles. The minimum absolute atomic E-state index is 0.0684. The standard InChI is InChI=1S/C31H24BrN3O4S2/c1-3-38-30(37)26-27(20-7-5-4-6-8-20)34-31-35(28(26)21-10-12-22(40-2)13-11-21)29(36)25(41-31)18-19-9-14-24(23(32)17-19)39-16-15-33/h4-14,17-18,28H,3,16H2,1-2H3/b25-18-/t28-/m1/s1. The van der Waals surface area contributed by atoms with Crippen LogP contribution in [0.25, 0.3) is 11.8 Å². The van der Waals surface area contributed by atoms with Crippen LogP contribution in [-0.2, 0) is 9.53 Å². The number of thioether (sulfide) groups is 1. The van der Waals surface area contributed by atoms with E-state index in [2.05, 4.69) is 15.9 Å². The summed E-state index contributed by atoms with van der Waals surface area (Å²) < 4.78 is 13.7. The first kappa shape index (κ1) is 28.6. The summed E-state index contributed by atoms with van der Waals surface area (Å²) in [4.78, 5) is 34.0. The van der Waals surface area contributed by atoms with Gasteiger partial charge in [-0.15, -0.1) is 11.8 Å². The summed E-state index contributed by atoms with van der Waals surface area (Å²) in [6, 6.07) is 23.9. The molecule has 0 bridgehead atoms. The number of aromatic nitrogens is 1. The first-order valence-electron chi connectivity index (χ1n) is 12.7. The molecular weight excluding hydrogens is 622 g/mol. The van der Waals surface area contributed by atoms with Gasteiger partial charge < -0.3 is 9.47 Å². The van der Waals surface area contributed by atoms with E-state index in [1.165, 1.54) is 11.3 Å². The summed E-state index contributed by atoms with van der Waals surface area (Å²) in [6.45, 7) is 1.88. The van der Waals surface area contributed by atoms with Gasteiger partial charge in [-0.25, -0.2) is 9.79 Å². The van der Waals surface area contributed by atoms with Crippen molar-refractivity contribution < 1.29 is 14.3 Å². The minimum Gasteiger partial charge on any atom is -0.478 e. The number of rotatable bonds is 8. The molecule has 41 heavy (non-hydrogen) atoms. The number of carbonyl (C=O) groups is 1. The predicted octanol–water partition coefficient (Wildman–Crippen LogP) is 5.32. The van der Waals surface area contributed by atoms with Gasteiger partial charge in [-0.3, -0.25) is 9.36 Å². The van der Waals surface area contributed by atoms with Gasteiger partial charge in [0.05, 0.1) is 32.9 Å². The van der Waals surface area contributed by atoms with E-state index in [1.807, 2.05) is 79.1 Å². The van der Waals surface area contributed by atoms with Crippen LogP contribution in [0.1, 0.15) is 29.7 Å². The van der Waals surface area contributed by atoms with Crippen LogP contribution >= 0.6 is 39.0 Å². The van der Waals surface area contributed by atoms with Gasteiger partial charge in [0.2, 0.25) is 0 Å². The number of hydrogen-bond donors (Lipinski definition) is 0. The molecule has 0 unspecified atom stereocenters. The van der Waals surface area contributed by atoms with Crippen LogP contribution in [-0.4, -0.2) is 30.0 Å². The van der Waals surface area contributed by atoms with E-state index in [9.17, 15) is 9.59 Å². The van der Waals surface area contributed by atoms with Crippen LogP contribution in [0.2, 0.25) is 0 Å². The number of hydrogen-bond acceptors (Lipinski definition) is 8. The maximum Gasteiger partial charge on any atom is 0.338 e. The van der Waals surface area contributed by atoms with E-state index in [0.717, 1.165) is 21.6 Å². The molecule has 0 spiro atoms. The molecule has 0 saturated carbocycles. The number of ether oxygens (including phenoxy) is 2. The highest BCUT2D eigenvalue weighted by atomic mass is 79.9. The lowest BCUT2D eigenvalue weighted by molar-refractivity contribution is -0.138. The SMILES string of the molecule is CCOC(=O)C1=C(c2ccccc2)N=c2s/c(=C\c3ccc(OCC#N)c(Br)c3)c(=O)n2[C@@H]1c1ccc(SC)cc1. The number of carbonyl (C=O) groups excluding carboxylic acids is 1. The monoisotopic (exact) mass is 645 g/mol. The lowest BCUT2D eigenvalue weighted by Gasteiger charge is -2.26. The molecule has 0 radical (unpaired) electrons. The van der Waals surface area contributed by atoms with E-state index in [-0.39, 0.29) is 18.8 Å². The van der Waals surface area contributed by atoms with Gasteiger partial charge in [-0.05, 0) is 70.6 Å². The second-order valence-electron chi connectivity index (χ2n) is 8.84. The molecule has 1 aliphatic rings. The Labute approximate surface area is 253 Å². The van der Waals surface area contributed by atoms with Crippen LogP contribution in [0.5, 0.6) is 5.75 Å². The number of esters is 1. The normalized spacial score (nSPS) is 14.7. The molecule has 0 saturated heterocycles. The zero-order valence-corrected chi connectivity index (χ0v) is 25.4. The number of fused-ring (bicyclic) bond motifs is 1. The largest absolute Gasteiger partial charge is 0.478 e. The summed E-state index contributed by atoms with van der Waals surface area (Å²) >= 11 is 6.35. The molecule has 2 heterocycles. The molecule has 4 aromatic rings. The van der Waals surface area contributed by atoms with Crippen LogP contribution in [0, 0.1) is 11.3 Å². The molecular formula is C31H24BrN3O4S2. The fraction of sp³-hybridized carbons (Fsp3) is 0.161. The Kier molecular flexibility index (Phi) is 8.88. The highest BCUT2D eigenvalue weighted by Gasteiger charge is 2.35. The van der Waals surface area contributed by atoms with Gasteiger partial charge in [-0.2, -0.15) is 5.26 Å². The number of thiazole rings is 1. The van der Waals surface area contributed by atoms with Crippen molar-refractivity contribution in [3.8, 4) is 11.8 Å². The minimum atomic E-state index is -0.730. The van der Waals surface area contributed by atoms with E-state index in [4.69, 9.17) is 19.7 Å². The van der Waals surface area contributed by atoms with Crippen molar-refractivity contribution in [2.24, 2.45) is 4.99 Å². The van der Waals surface area contributed by atoms with Crippen molar-refractivity contribution in [1.82, 2.24) is 4.57 Å². The fourth-order valence-electron chi connectivity index (χ4n) is 4.53. The number of benzene rings is 3. The average molecular weight is 647 g/mol. The average Bonchev–Trinajstić information content (AvgIpc) is 3.30. The Morgan fingerprint density at radius 2 is 1.93 bits per heavy atom. The maximum atomic E-state index is 14.0. The molecule has 0 fully saturated rings. The molecule has 10 heteroatoms. The molecule has 0 N–H and O–H groups in total. The fourth-order valence-corrected chi connectivity index (χ4v) is 6.45. The maximum absolute atomic E-state index is 14.0. The summed E-state index contributed by atoms with van der Waals surface area (Å²) in [5.74, 6) is 0.0191. The van der Waals surface area contributed by atoms with Crippen LogP contribution in [0.4, 0.5) is 0 Å². The Morgan fingerprint density at radius 3 is 2.59 bits per heavy atom. The predicted molar refractivity (Wildman–Crippen MR) is 165 cm³/mol. The highest BCUT2D eigenvalue weighted by Crippen LogP contribution is 2.35. The van der Waals surface area contributed by atoms with Gasteiger partial charge in [-0.1, -0.05) is 59.9 Å². The van der Waals surface area contributed by atoms with Gasteiger partial charge in [0.1, 0.15) is 11.8 Å². The van der Waals surface area contributed by atoms with E-state index in [1.54, 1.807) is 35.4 Å². The number of nitrogens with zero attached hydrogens (tertiary/aromatic N) is 3. The summed E-state index contributed by atoms with van der Waals surface area (Å²) in [5.41, 5.74) is 2.84. The summed E-state index contributed by atoms with van der Waals surface area (Å²) in [7, 11) is 0. The van der Waals surface area contributed by atoms with Gasteiger partial charge in [0, 0.05) is 10.5 Å². The van der Waals surface area contributed by atoms with Crippen molar-refractivity contribution in [3.05, 3.63) is 119 Å². The van der Waals surface area contributed by atoms with Gasteiger partial charge >= 0.3 is 5.97 Å². The van der Waals surface area contributed by atoms with Crippen LogP contribution in [0.15, 0.2) is 97.5 Å². The second kappa shape index (κ2) is 12.7. The van der Waals surface area contributed by atoms with E-state index in [0.29, 0.717) is 30.8 Å². The van der Waals surface area contributed by atoms with E-state index < -0.39 is 12.0 Å². The van der Waals surface area contributed by atoms with Crippen molar-refractivity contribution in [3.63, 3.8) is 0 Å². The zero-order chi connectivity index (χ0) is 28.9. The van der Waals surface area contributed by atoms with Gasteiger partial charge in [0.25, 0.3) is 5.56 Å². The third-order valence-corrected chi connectivity index (χ3v) is 8.70. The topological polar surface area (TPSA) is 93.7 Å². The molecule has 0 amide bonds. The number of halogens is 1. The van der Waals surface area contributed by atoms with Crippen LogP contribution in [0.3, 0.4) is 0 Å². The van der Waals surface area contributed by atoms with Crippen molar-refractivity contribution in [2.45, 2.75) is 17.9 Å². The third-order valence-electron chi connectivity index (χ3n) is 6.35. The Hall–Kier alpha value is -3.91.